The summed E-state index contributed by atoms with van der Waals surface area (Å²) < 4.78 is 2.41. The summed E-state index contributed by atoms with van der Waals surface area (Å²) in [7, 11) is 0. The van der Waals surface area contributed by atoms with Crippen molar-refractivity contribution in [2.45, 2.75) is 91.0 Å². The Kier molecular flexibility index (Phi) is 9.41. The Balaban J connectivity index is 0.00000465. The third kappa shape index (κ3) is 6.27. The van der Waals surface area contributed by atoms with Gasteiger partial charge in [-0.05, 0) is 58.6 Å². The number of fused-ring (bicyclic) bond motifs is 5. The van der Waals surface area contributed by atoms with Gasteiger partial charge >= 0.3 is 0 Å². The number of aromatic hydroxyl groups is 1. The standard InChI is InChI=1S/C50H50N3O.Pt/c1-47(2,3)34-23-26-41(51-30-34)33-27-32(28-35(29-33)48(4,5)6)37-24-25-39(38-20-15-14-19-36(38)31-17-12-11-13-18-31)45-44(37)52-46-43-40(21-16-22-42(43)54)49(7,8)50(9,10)53(45)46;/h11-26,28-30,54H,1-10H3;/q-1;. The molecule has 1 aliphatic heterocycles. The first kappa shape index (κ1) is 38.5. The van der Waals surface area contributed by atoms with Crippen LogP contribution >= 0.6 is 0 Å². The maximum atomic E-state index is 11.6. The molecule has 282 valence electrons. The van der Waals surface area contributed by atoms with Crippen LogP contribution in [0.15, 0.2) is 115 Å². The zero-order chi connectivity index (χ0) is 38.4. The number of pyridine rings is 1. The molecule has 0 unspecified atom stereocenters. The van der Waals surface area contributed by atoms with E-state index in [9.17, 15) is 5.11 Å². The Labute approximate surface area is 341 Å². The fourth-order valence-corrected chi connectivity index (χ4v) is 8.10. The summed E-state index contributed by atoms with van der Waals surface area (Å²) in [4.78, 5) is 10.6. The maximum Gasteiger partial charge on any atom is 0.144 e. The van der Waals surface area contributed by atoms with E-state index in [1.807, 2.05) is 12.3 Å². The number of nitrogens with zero attached hydrogens (tertiary/aromatic N) is 3. The van der Waals surface area contributed by atoms with E-state index in [1.165, 1.54) is 11.1 Å². The van der Waals surface area contributed by atoms with Crippen LogP contribution in [0.4, 0.5) is 0 Å². The maximum absolute atomic E-state index is 11.6. The number of aromatic nitrogens is 3. The minimum atomic E-state index is -0.423. The van der Waals surface area contributed by atoms with Crippen molar-refractivity contribution in [1.82, 2.24) is 14.5 Å². The summed E-state index contributed by atoms with van der Waals surface area (Å²) in [5.41, 5.74) is 13.7. The number of hydrogen-bond acceptors (Lipinski definition) is 3. The van der Waals surface area contributed by atoms with E-state index in [-0.39, 0.29) is 43.1 Å². The molecule has 1 N–H and O–H groups in total. The van der Waals surface area contributed by atoms with E-state index >= 15 is 0 Å². The van der Waals surface area contributed by atoms with Gasteiger partial charge < -0.3 is 9.67 Å². The second kappa shape index (κ2) is 13.5. The first-order chi connectivity index (χ1) is 25.5. The molecule has 0 fully saturated rings. The second-order valence-electron chi connectivity index (χ2n) is 18.1. The van der Waals surface area contributed by atoms with Crippen molar-refractivity contribution >= 4 is 11.0 Å². The van der Waals surface area contributed by atoms with Crippen LogP contribution in [0.5, 0.6) is 5.75 Å². The Bertz CT molecular complexity index is 2560. The predicted molar refractivity (Wildman–Crippen MR) is 225 cm³/mol. The molecule has 7 aromatic rings. The summed E-state index contributed by atoms with van der Waals surface area (Å²) in [6.07, 6.45) is 2.00. The Morgan fingerprint density at radius 2 is 1.27 bits per heavy atom. The molecule has 55 heavy (non-hydrogen) atoms. The minimum Gasteiger partial charge on any atom is -0.507 e. The normalized spacial score (nSPS) is 14.6. The molecule has 0 bridgehead atoms. The predicted octanol–water partition coefficient (Wildman–Crippen LogP) is 12.9. The smallest absolute Gasteiger partial charge is 0.144 e. The van der Waals surface area contributed by atoms with Gasteiger partial charge in [-0.1, -0.05) is 158 Å². The van der Waals surface area contributed by atoms with E-state index in [4.69, 9.17) is 9.97 Å². The average Bonchev–Trinajstić information content (AvgIpc) is 3.55. The summed E-state index contributed by atoms with van der Waals surface area (Å²) in [6, 6.07) is 42.3. The Morgan fingerprint density at radius 3 is 1.93 bits per heavy atom. The molecule has 0 aliphatic carbocycles. The fourth-order valence-electron chi connectivity index (χ4n) is 8.10. The molecule has 3 heterocycles. The van der Waals surface area contributed by atoms with Crippen LogP contribution in [0.1, 0.15) is 85.9 Å². The minimum absolute atomic E-state index is 0. The molecule has 0 atom stereocenters. The molecular formula is C50H50N3OPt-. The van der Waals surface area contributed by atoms with E-state index in [0.717, 1.165) is 72.6 Å². The van der Waals surface area contributed by atoms with Crippen LogP contribution < -0.4 is 0 Å². The monoisotopic (exact) mass is 903 g/mol. The average molecular weight is 904 g/mol. The largest absolute Gasteiger partial charge is 0.507 e. The number of phenols is 1. The van der Waals surface area contributed by atoms with Crippen molar-refractivity contribution in [3.05, 3.63) is 138 Å². The number of benzene rings is 5. The third-order valence-electron chi connectivity index (χ3n) is 12.1. The van der Waals surface area contributed by atoms with Crippen LogP contribution in [0.2, 0.25) is 0 Å². The third-order valence-corrected chi connectivity index (χ3v) is 12.1. The van der Waals surface area contributed by atoms with E-state index < -0.39 is 5.54 Å². The quantitative estimate of drug-likeness (QED) is 0.179. The number of rotatable bonds is 4. The zero-order valence-electron chi connectivity index (χ0n) is 33.6. The van der Waals surface area contributed by atoms with Gasteiger partial charge in [-0.2, -0.15) is 0 Å². The molecule has 0 saturated carbocycles. The molecule has 2 aromatic heterocycles. The summed E-state index contributed by atoms with van der Waals surface area (Å²) in [6.45, 7) is 22.6. The summed E-state index contributed by atoms with van der Waals surface area (Å²) >= 11 is 0. The van der Waals surface area contributed by atoms with Gasteiger partial charge in [0.05, 0.1) is 22.1 Å². The van der Waals surface area contributed by atoms with Crippen molar-refractivity contribution in [1.29, 1.82) is 0 Å². The SMILES string of the molecule is CC(C)(C)c1ccc(-c2[c-]c(-c3ccc(-c4ccccc4-c4ccccc4)c4c3nc3n4C(C)(C)C(C)(C)c4cccc(O)c4-3)cc(C(C)(C)C)c2)nc1.[Pt]. The number of phenolic OH excluding ortho intramolecular Hbond substituents is 1. The first-order valence-electron chi connectivity index (χ1n) is 19.1. The number of hydrogen-bond donors (Lipinski definition) is 1. The van der Waals surface area contributed by atoms with Gasteiger partial charge in [0.15, 0.2) is 0 Å². The second-order valence-corrected chi connectivity index (χ2v) is 18.1. The molecule has 0 spiro atoms. The molecule has 5 heteroatoms. The molecule has 0 amide bonds. The van der Waals surface area contributed by atoms with Crippen LogP contribution in [-0.2, 0) is 42.8 Å². The number of imidazole rings is 1. The molecule has 1 aliphatic rings. The van der Waals surface area contributed by atoms with Gasteiger partial charge in [-0.3, -0.25) is 4.98 Å². The Hall–Kier alpha value is -4.79. The Morgan fingerprint density at radius 1 is 0.636 bits per heavy atom. The molecular weight excluding hydrogens is 854 g/mol. The molecule has 8 rings (SSSR count). The van der Waals surface area contributed by atoms with Crippen molar-refractivity contribution in [3.8, 4) is 61.8 Å². The van der Waals surface area contributed by atoms with Crippen molar-refractivity contribution in [2.24, 2.45) is 0 Å². The van der Waals surface area contributed by atoms with Crippen LogP contribution in [0.25, 0.3) is 67.1 Å². The van der Waals surface area contributed by atoms with E-state index in [0.29, 0.717) is 0 Å². The molecule has 0 radical (unpaired) electrons. The van der Waals surface area contributed by atoms with Gasteiger partial charge in [-0.25, -0.2) is 4.98 Å². The van der Waals surface area contributed by atoms with Gasteiger partial charge in [-0.15, -0.1) is 29.3 Å². The topological polar surface area (TPSA) is 50.9 Å². The van der Waals surface area contributed by atoms with E-state index in [1.54, 1.807) is 6.07 Å². The molecule has 5 aromatic carbocycles. The summed E-state index contributed by atoms with van der Waals surface area (Å²) in [5, 5.41) is 11.6. The van der Waals surface area contributed by atoms with Gasteiger partial charge in [0.25, 0.3) is 0 Å². The van der Waals surface area contributed by atoms with Gasteiger partial charge in [0, 0.05) is 43.9 Å². The van der Waals surface area contributed by atoms with Crippen molar-refractivity contribution in [2.75, 3.05) is 0 Å². The summed E-state index contributed by atoms with van der Waals surface area (Å²) in [5.74, 6) is 1.02. The van der Waals surface area contributed by atoms with Crippen LogP contribution in [0, 0.1) is 6.07 Å². The fraction of sp³-hybridized carbons (Fsp3) is 0.280. The van der Waals surface area contributed by atoms with Crippen molar-refractivity contribution < 1.29 is 26.2 Å². The van der Waals surface area contributed by atoms with Crippen molar-refractivity contribution in [3.63, 3.8) is 0 Å². The first-order valence-corrected chi connectivity index (χ1v) is 19.1. The van der Waals surface area contributed by atoms with Gasteiger partial charge in [0.2, 0.25) is 0 Å². The van der Waals surface area contributed by atoms with Crippen LogP contribution in [-0.4, -0.2) is 19.6 Å². The van der Waals surface area contributed by atoms with Crippen LogP contribution in [0.3, 0.4) is 0 Å². The van der Waals surface area contributed by atoms with Gasteiger partial charge in [0.1, 0.15) is 11.6 Å². The van der Waals surface area contributed by atoms with E-state index in [2.05, 4.69) is 177 Å². The molecule has 4 nitrogen and oxygen atoms in total. The molecule has 0 saturated heterocycles. The zero-order valence-corrected chi connectivity index (χ0v) is 35.8.